The lowest BCUT2D eigenvalue weighted by molar-refractivity contribution is 0.717. The van der Waals surface area contributed by atoms with Crippen molar-refractivity contribution in [3.8, 4) is 0 Å². The summed E-state index contributed by atoms with van der Waals surface area (Å²) < 4.78 is 0. The quantitative estimate of drug-likeness (QED) is 0.341. The molecule has 0 rings (SSSR count). The van der Waals surface area contributed by atoms with Crippen LogP contribution in [-0.4, -0.2) is 24.2 Å². The van der Waals surface area contributed by atoms with E-state index in [4.69, 9.17) is 0 Å². The zero-order valence-electron chi connectivity index (χ0n) is 18.7. The Kier molecular flexibility index (Phi) is 7.21. The minimum absolute atomic E-state index is 0.463. The van der Waals surface area contributed by atoms with Gasteiger partial charge in [0.2, 0.25) is 0 Å². The highest BCUT2D eigenvalue weighted by Crippen LogP contribution is 2.42. The zero-order chi connectivity index (χ0) is 19.0. The molecule has 0 aromatic heterocycles. The van der Waals surface area contributed by atoms with Crippen molar-refractivity contribution in [2.75, 3.05) is 0 Å². The molecular formula is C20H44Si3. The van der Waals surface area contributed by atoms with Gasteiger partial charge < -0.3 is 0 Å². The van der Waals surface area contributed by atoms with Crippen LogP contribution in [0.15, 0.2) is 21.5 Å². The van der Waals surface area contributed by atoms with Crippen molar-refractivity contribution in [3.05, 3.63) is 21.5 Å². The van der Waals surface area contributed by atoms with E-state index in [1.54, 1.807) is 21.5 Å². The highest BCUT2D eigenvalue weighted by molar-refractivity contribution is 6.86. The van der Waals surface area contributed by atoms with E-state index in [1.165, 1.54) is 6.04 Å². The van der Waals surface area contributed by atoms with Crippen LogP contribution in [-0.2, 0) is 0 Å². The Hall–Kier alpha value is 0.131. The Morgan fingerprint density at radius 2 is 1.09 bits per heavy atom. The highest BCUT2D eigenvalue weighted by atomic mass is 28.3. The van der Waals surface area contributed by atoms with Gasteiger partial charge in [-0.05, 0) is 31.9 Å². The van der Waals surface area contributed by atoms with Crippen LogP contribution >= 0.6 is 0 Å². The first-order valence-corrected chi connectivity index (χ1v) is 19.4. The fourth-order valence-corrected chi connectivity index (χ4v) is 9.56. The van der Waals surface area contributed by atoms with E-state index in [2.05, 4.69) is 93.9 Å². The molecule has 0 aromatic rings. The van der Waals surface area contributed by atoms with Crippen LogP contribution in [0, 0.1) is 0 Å². The predicted molar refractivity (Wildman–Crippen MR) is 120 cm³/mol. The minimum Gasteiger partial charge on any atom is -0.0813 e. The summed E-state index contributed by atoms with van der Waals surface area (Å²) in [6.07, 6.45) is 0. The summed E-state index contributed by atoms with van der Waals surface area (Å²) >= 11 is 0. The fourth-order valence-electron chi connectivity index (χ4n) is 3.29. The van der Waals surface area contributed by atoms with Crippen LogP contribution in [0.4, 0.5) is 0 Å². The summed E-state index contributed by atoms with van der Waals surface area (Å²) in [6.45, 7) is 34.8. The van der Waals surface area contributed by atoms with Crippen molar-refractivity contribution >= 4 is 24.2 Å². The molecule has 0 amide bonds. The standard InChI is InChI=1S/C20H44Si3/c1-16(15-23(13,14)20(4,5)6)19(22(10,11)12)17(2)18(3)21(7,8)9/h15H2,1-14H3/b18-17-,19-16+. The maximum Gasteiger partial charge on any atom is 0.0778 e. The first-order valence-electron chi connectivity index (χ1n) is 9.21. The Bertz CT molecular complexity index is 486. The molecule has 3 heteroatoms. The molecule has 136 valence electrons. The van der Waals surface area contributed by atoms with Crippen molar-refractivity contribution < 1.29 is 0 Å². The SMILES string of the molecule is CC(=C(\C)[Si](C)(C)C)/C(=C(/C)C[Si](C)(C)C(C)(C)C)[Si](C)(C)C. The van der Waals surface area contributed by atoms with Crippen molar-refractivity contribution in [1.82, 2.24) is 0 Å². The van der Waals surface area contributed by atoms with Gasteiger partial charge in [-0.25, -0.2) is 0 Å². The van der Waals surface area contributed by atoms with Gasteiger partial charge in [0.15, 0.2) is 0 Å². The Labute approximate surface area is 150 Å². The van der Waals surface area contributed by atoms with Gasteiger partial charge in [0.25, 0.3) is 0 Å². The van der Waals surface area contributed by atoms with E-state index in [0.29, 0.717) is 5.04 Å². The van der Waals surface area contributed by atoms with Crippen LogP contribution in [0.2, 0.25) is 63.5 Å². The second kappa shape index (κ2) is 7.17. The van der Waals surface area contributed by atoms with Crippen LogP contribution in [0.5, 0.6) is 0 Å². The first kappa shape index (κ1) is 23.1. The minimum atomic E-state index is -1.35. The summed E-state index contributed by atoms with van der Waals surface area (Å²) in [6, 6.07) is 1.34. The molecule has 0 aliphatic rings. The van der Waals surface area contributed by atoms with Gasteiger partial charge >= 0.3 is 0 Å². The van der Waals surface area contributed by atoms with E-state index < -0.39 is 24.2 Å². The molecule has 0 spiro atoms. The molecule has 0 saturated heterocycles. The molecule has 0 aromatic carbocycles. The van der Waals surface area contributed by atoms with Crippen molar-refractivity contribution in [1.29, 1.82) is 0 Å². The summed E-state index contributed by atoms with van der Waals surface area (Å²) in [7, 11) is -3.86. The van der Waals surface area contributed by atoms with E-state index >= 15 is 0 Å². The third-order valence-electron chi connectivity index (χ3n) is 5.98. The average molecular weight is 369 g/mol. The summed E-state index contributed by atoms with van der Waals surface area (Å²) in [5.41, 5.74) is 3.34. The van der Waals surface area contributed by atoms with Crippen molar-refractivity contribution in [2.24, 2.45) is 0 Å². The maximum absolute atomic E-state index is 2.57. The number of rotatable bonds is 5. The fraction of sp³-hybridized carbons (Fsp3) is 0.800. The smallest absolute Gasteiger partial charge is 0.0778 e. The molecule has 0 N–H and O–H groups in total. The molecule has 0 nitrogen and oxygen atoms in total. The number of allylic oxidation sites excluding steroid dienone is 4. The van der Waals surface area contributed by atoms with E-state index in [-0.39, 0.29) is 0 Å². The van der Waals surface area contributed by atoms with Gasteiger partial charge in [0, 0.05) is 0 Å². The van der Waals surface area contributed by atoms with E-state index in [1.807, 2.05) is 0 Å². The topological polar surface area (TPSA) is 0 Å². The van der Waals surface area contributed by atoms with Crippen LogP contribution < -0.4 is 0 Å². The molecule has 0 aliphatic carbocycles. The maximum atomic E-state index is 2.57. The molecular weight excluding hydrogens is 324 g/mol. The molecule has 23 heavy (non-hydrogen) atoms. The Morgan fingerprint density at radius 1 is 0.696 bits per heavy atom. The third-order valence-corrected chi connectivity index (χ3v) is 16.4. The van der Waals surface area contributed by atoms with Gasteiger partial charge in [-0.15, -0.1) is 0 Å². The molecule has 0 fully saturated rings. The molecule has 0 saturated carbocycles. The molecule has 0 radical (unpaired) electrons. The average Bonchev–Trinajstić information content (AvgIpc) is 2.21. The van der Waals surface area contributed by atoms with E-state index in [0.717, 1.165) is 0 Å². The van der Waals surface area contributed by atoms with Crippen LogP contribution in [0.25, 0.3) is 0 Å². The lowest BCUT2D eigenvalue weighted by Crippen LogP contribution is -2.38. The lowest BCUT2D eigenvalue weighted by atomic mass is 10.2. The normalized spacial score (nSPS) is 17.0. The van der Waals surface area contributed by atoms with Gasteiger partial charge in [0.1, 0.15) is 0 Å². The van der Waals surface area contributed by atoms with Gasteiger partial charge in [-0.3, -0.25) is 0 Å². The summed E-state index contributed by atoms with van der Waals surface area (Å²) in [5, 5.41) is 3.93. The van der Waals surface area contributed by atoms with Gasteiger partial charge in [-0.1, -0.05) is 94.7 Å². The van der Waals surface area contributed by atoms with Crippen LogP contribution in [0.1, 0.15) is 41.5 Å². The Balaban J connectivity index is 6.23. The predicted octanol–water partition coefficient (Wildman–Crippen LogP) is 7.90. The second-order valence-corrected chi connectivity index (χ2v) is 27.1. The summed E-state index contributed by atoms with van der Waals surface area (Å²) in [5.74, 6) is 0. The molecule has 0 heterocycles. The molecule has 0 aliphatic heterocycles. The molecule has 0 atom stereocenters. The first-order chi connectivity index (χ1) is 9.82. The Morgan fingerprint density at radius 3 is 1.35 bits per heavy atom. The lowest BCUT2D eigenvalue weighted by Gasteiger charge is -2.39. The van der Waals surface area contributed by atoms with Gasteiger partial charge in [0.05, 0.1) is 24.2 Å². The van der Waals surface area contributed by atoms with Crippen molar-refractivity contribution in [2.45, 2.75) is 105 Å². The molecule has 0 unspecified atom stereocenters. The second-order valence-electron chi connectivity index (χ2n) is 11.2. The number of hydrogen-bond donors (Lipinski definition) is 0. The third kappa shape index (κ3) is 6.17. The monoisotopic (exact) mass is 368 g/mol. The van der Waals surface area contributed by atoms with Crippen LogP contribution in [0.3, 0.4) is 0 Å². The van der Waals surface area contributed by atoms with Gasteiger partial charge in [-0.2, -0.15) is 0 Å². The van der Waals surface area contributed by atoms with E-state index in [9.17, 15) is 0 Å². The molecule has 0 bridgehead atoms. The number of hydrogen-bond acceptors (Lipinski definition) is 0. The highest BCUT2D eigenvalue weighted by Gasteiger charge is 2.36. The largest absolute Gasteiger partial charge is 0.0813 e. The summed E-state index contributed by atoms with van der Waals surface area (Å²) in [4.78, 5) is 0. The zero-order valence-corrected chi connectivity index (χ0v) is 21.7. The van der Waals surface area contributed by atoms with Crippen molar-refractivity contribution in [3.63, 3.8) is 0 Å².